The Morgan fingerprint density at radius 1 is 1.65 bits per heavy atom. The topological polar surface area (TPSA) is 59.6 Å². The molecular weight excluding hydrogens is 417 g/mol. The Hall–Kier alpha value is 0.140. The van der Waals surface area contributed by atoms with Gasteiger partial charge in [0.1, 0.15) is 0 Å². The summed E-state index contributed by atoms with van der Waals surface area (Å²) in [5.41, 5.74) is 5.74. The molecule has 1 atom stereocenters. The lowest BCUT2D eigenvalue weighted by Crippen LogP contribution is -2.40. The van der Waals surface area contributed by atoms with Crippen molar-refractivity contribution in [2.75, 3.05) is 13.7 Å². The highest BCUT2D eigenvalue weighted by atomic mass is 127. The zero-order valence-electron chi connectivity index (χ0n) is 9.77. The lowest BCUT2D eigenvalue weighted by atomic mass is 10.4. The fraction of sp³-hybridized carbons (Fsp3) is 0.500. The molecule has 0 bridgehead atoms. The SMILES string of the molecule is COCC(C)NC(N)=NCc1ccc(Br)s1.I. The van der Waals surface area contributed by atoms with Crippen LogP contribution in [0.25, 0.3) is 0 Å². The summed E-state index contributed by atoms with van der Waals surface area (Å²) in [5.74, 6) is 0.453. The van der Waals surface area contributed by atoms with E-state index in [0.717, 1.165) is 3.79 Å². The summed E-state index contributed by atoms with van der Waals surface area (Å²) in [7, 11) is 1.66. The number of guanidine groups is 1. The number of ether oxygens (including phenoxy) is 1. The molecule has 0 saturated heterocycles. The van der Waals surface area contributed by atoms with Crippen LogP contribution in [0.2, 0.25) is 0 Å². The van der Waals surface area contributed by atoms with Gasteiger partial charge in [-0.3, -0.25) is 0 Å². The molecule has 0 amide bonds. The molecule has 0 aliphatic rings. The number of aliphatic imine (C=N–C) groups is 1. The van der Waals surface area contributed by atoms with E-state index in [0.29, 0.717) is 19.1 Å². The summed E-state index contributed by atoms with van der Waals surface area (Å²) >= 11 is 5.07. The number of thiophene rings is 1. The Morgan fingerprint density at radius 3 is 2.88 bits per heavy atom. The molecule has 1 heterocycles. The molecular formula is C10H17BrIN3OS. The molecule has 1 rings (SSSR count). The molecule has 0 aliphatic carbocycles. The van der Waals surface area contributed by atoms with Gasteiger partial charge in [0.15, 0.2) is 5.96 Å². The van der Waals surface area contributed by atoms with Crippen LogP contribution < -0.4 is 11.1 Å². The summed E-state index contributed by atoms with van der Waals surface area (Å²) in [5, 5.41) is 3.05. The molecule has 98 valence electrons. The van der Waals surface area contributed by atoms with Gasteiger partial charge in [-0.25, -0.2) is 4.99 Å². The van der Waals surface area contributed by atoms with E-state index in [2.05, 4.69) is 26.2 Å². The van der Waals surface area contributed by atoms with E-state index in [9.17, 15) is 0 Å². The smallest absolute Gasteiger partial charge is 0.189 e. The van der Waals surface area contributed by atoms with Crippen molar-refractivity contribution in [3.8, 4) is 0 Å². The molecule has 17 heavy (non-hydrogen) atoms. The van der Waals surface area contributed by atoms with Crippen LogP contribution in [0.15, 0.2) is 20.9 Å². The zero-order valence-corrected chi connectivity index (χ0v) is 14.5. The van der Waals surface area contributed by atoms with Crippen molar-refractivity contribution < 1.29 is 4.74 Å². The van der Waals surface area contributed by atoms with Crippen molar-refractivity contribution in [1.29, 1.82) is 0 Å². The second kappa shape index (κ2) is 9.12. The Labute approximate surface area is 131 Å². The first-order chi connectivity index (χ1) is 7.61. The zero-order chi connectivity index (χ0) is 12.0. The molecule has 0 spiro atoms. The van der Waals surface area contributed by atoms with Crippen LogP contribution in [0, 0.1) is 0 Å². The molecule has 1 unspecified atom stereocenters. The van der Waals surface area contributed by atoms with Crippen molar-refractivity contribution in [2.45, 2.75) is 19.5 Å². The van der Waals surface area contributed by atoms with Gasteiger partial charge in [-0.2, -0.15) is 0 Å². The highest BCUT2D eigenvalue weighted by Gasteiger charge is 2.02. The molecule has 1 aromatic heterocycles. The molecule has 1 aromatic rings. The van der Waals surface area contributed by atoms with E-state index < -0.39 is 0 Å². The lowest BCUT2D eigenvalue weighted by Gasteiger charge is -2.12. The average molecular weight is 434 g/mol. The van der Waals surface area contributed by atoms with Crippen LogP contribution in [0.5, 0.6) is 0 Å². The second-order valence-corrected chi connectivity index (χ2v) is 5.96. The van der Waals surface area contributed by atoms with Gasteiger partial charge in [-0.15, -0.1) is 35.3 Å². The summed E-state index contributed by atoms with van der Waals surface area (Å²) in [6.07, 6.45) is 0. The van der Waals surface area contributed by atoms with Crippen LogP contribution in [-0.2, 0) is 11.3 Å². The molecule has 0 aromatic carbocycles. The lowest BCUT2D eigenvalue weighted by molar-refractivity contribution is 0.179. The molecule has 0 aliphatic heterocycles. The number of methoxy groups -OCH3 is 1. The fourth-order valence-corrected chi connectivity index (χ4v) is 2.60. The van der Waals surface area contributed by atoms with Gasteiger partial charge in [-0.1, -0.05) is 0 Å². The first-order valence-corrected chi connectivity index (χ1v) is 6.52. The second-order valence-electron chi connectivity index (χ2n) is 3.41. The predicted molar refractivity (Wildman–Crippen MR) is 87.2 cm³/mol. The number of rotatable bonds is 5. The molecule has 0 fully saturated rings. The number of halogens is 2. The first-order valence-electron chi connectivity index (χ1n) is 4.91. The van der Waals surface area contributed by atoms with E-state index >= 15 is 0 Å². The summed E-state index contributed by atoms with van der Waals surface area (Å²) < 4.78 is 6.10. The number of hydrogen-bond acceptors (Lipinski definition) is 3. The van der Waals surface area contributed by atoms with Crippen molar-refractivity contribution in [3.05, 3.63) is 20.8 Å². The number of nitrogens with one attached hydrogen (secondary N) is 1. The van der Waals surface area contributed by atoms with Crippen LogP contribution in [0.1, 0.15) is 11.8 Å². The van der Waals surface area contributed by atoms with Crippen LogP contribution in [-0.4, -0.2) is 25.7 Å². The summed E-state index contributed by atoms with van der Waals surface area (Å²) in [6, 6.07) is 4.21. The number of nitrogens with zero attached hydrogens (tertiary/aromatic N) is 1. The van der Waals surface area contributed by atoms with Crippen LogP contribution >= 0.6 is 51.2 Å². The fourth-order valence-electron chi connectivity index (χ4n) is 1.19. The van der Waals surface area contributed by atoms with Crippen molar-refractivity contribution in [3.63, 3.8) is 0 Å². The minimum Gasteiger partial charge on any atom is -0.383 e. The first kappa shape index (κ1) is 17.1. The van der Waals surface area contributed by atoms with Crippen molar-refractivity contribution in [1.82, 2.24) is 5.32 Å². The van der Waals surface area contributed by atoms with E-state index in [1.807, 2.05) is 19.1 Å². The normalized spacial score (nSPS) is 13.0. The molecule has 0 saturated carbocycles. The highest BCUT2D eigenvalue weighted by Crippen LogP contribution is 2.22. The predicted octanol–water partition coefficient (Wildman–Crippen LogP) is 2.57. The van der Waals surface area contributed by atoms with Gasteiger partial charge in [0.05, 0.1) is 16.9 Å². The average Bonchev–Trinajstić information content (AvgIpc) is 2.61. The van der Waals surface area contributed by atoms with E-state index in [1.54, 1.807) is 18.4 Å². The quantitative estimate of drug-likeness (QED) is 0.426. The third-order valence-corrected chi connectivity index (χ3v) is 3.45. The van der Waals surface area contributed by atoms with E-state index in [-0.39, 0.29) is 30.0 Å². The maximum atomic E-state index is 5.74. The van der Waals surface area contributed by atoms with Gasteiger partial charge in [0, 0.05) is 18.0 Å². The Kier molecular flexibility index (Phi) is 9.20. The van der Waals surface area contributed by atoms with Crippen LogP contribution in [0.4, 0.5) is 0 Å². The van der Waals surface area contributed by atoms with Crippen molar-refractivity contribution >= 4 is 57.2 Å². The summed E-state index contributed by atoms with van der Waals surface area (Å²) in [6.45, 7) is 3.21. The van der Waals surface area contributed by atoms with Gasteiger partial charge in [-0.05, 0) is 35.0 Å². The van der Waals surface area contributed by atoms with E-state index in [4.69, 9.17) is 10.5 Å². The largest absolute Gasteiger partial charge is 0.383 e. The Morgan fingerprint density at radius 2 is 2.35 bits per heavy atom. The highest BCUT2D eigenvalue weighted by molar-refractivity contribution is 14.0. The minimum atomic E-state index is 0. The Bertz CT molecular complexity index is 359. The van der Waals surface area contributed by atoms with Crippen LogP contribution in [0.3, 0.4) is 0 Å². The Balaban J connectivity index is 0.00000256. The molecule has 4 nitrogen and oxygen atoms in total. The minimum absolute atomic E-state index is 0. The molecule has 0 radical (unpaired) electrons. The van der Waals surface area contributed by atoms with Gasteiger partial charge in [0.2, 0.25) is 0 Å². The van der Waals surface area contributed by atoms with Gasteiger partial charge >= 0.3 is 0 Å². The van der Waals surface area contributed by atoms with Gasteiger partial charge in [0.25, 0.3) is 0 Å². The van der Waals surface area contributed by atoms with Gasteiger partial charge < -0.3 is 15.8 Å². The number of nitrogens with two attached hydrogens (primary N) is 1. The standard InChI is InChI=1S/C10H16BrN3OS.HI/c1-7(6-15-2)14-10(12)13-5-8-3-4-9(11)16-8;/h3-4,7H,5-6H2,1-2H3,(H3,12,13,14);1H. The molecule has 3 N–H and O–H groups in total. The maximum absolute atomic E-state index is 5.74. The van der Waals surface area contributed by atoms with Crippen molar-refractivity contribution in [2.24, 2.45) is 10.7 Å². The maximum Gasteiger partial charge on any atom is 0.189 e. The third kappa shape index (κ3) is 7.22. The number of hydrogen-bond donors (Lipinski definition) is 2. The molecule has 7 heteroatoms. The van der Waals surface area contributed by atoms with E-state index in [1.165, 1.54) is 4.88 Å². The third-order valence-electron chi connectivity index (χ3n) is 1.85. The monoisotopic (exact) mass is 433 g/mol. The summed E-state index contributed by atoms with van der Waals surface area (Å²) in [4.78, 5) is 5.42.